The lowest BCUT2D eigenvalue weighted by Crippen LogP contribution is -2.26. The van der Waals surface area contributed by atoms with Crippen molar-refractivity contribution in [2.75, 3.05) is 13.1 Å². The van der Waals surface area contributed by atoms with Crippen LogP contribution in [0.4, 0.5) is 0 Å². The zero-order valence-electron chi connectivity index (χ0n) is 14.5. The summed E-state index contributed by atoms with van der Waals surface area (Å²) in [5.41, 5.74) is 2.59. The molecule has 0 spiro atoms. The van der Waals surface area contributed by atoms with Crippen molar-refractivity contribution in [3.63, 3.8) is 0 Å². The van der Waals surface area contributed by atoms with E-state index in [1.165, 1.54) is 11.9 Å². The topological polar surface area (TPSA) is 72.7 Å². The van der Waals surface area contributed by atoms with Gasteiger partial charge in [-0.25, -0.2) is 15.0 Å². The van der Waals surface area contributed by atoms with Gasteiger partial charge in [0.25, 0.3) is 5.56 Å². The van der Waals surface area contributed by atoms with E-state index >= 15 is 0 Å². The summed E-state index contributed by atoms with van der Waals surface area (Å²) in [7, 11) is 0. The molecule has 132 valence electrons. The highest BCUT2D eigenvalue weighted by atomic mass is 16.1. The molecule has 26 heavy (non-hydrogen) atoms. The van der Waals surface area contributed by atoms with E-state index in [2.05, 4.69) is 39.6 Å². The Morgan fingerprint density at radius 2 is 2.04 bits per heavy atom. The zero-order chi connectivity index (χ0) is 17.8. The lowest BCUT2D eigenvalue weighted by atomic mass is 9.98. The fourth-order valence-corrected chi connectivity index (χ4v) is 3.41. The average Bonchev–Trinajstić information content (AvgIpc) is 2.90. The maximum atomic E-state index is 12.7. The molecule has 3 heterocycles. The second-order valence-electron chi connectivity index (χ2n) is 6.51. The van der Waals surface area contributed by atoms with Gasteiger partial charge in [0.05, 0.1) is 11.4 Å². The Morgan fingerprint density at radius 3 is 2.85 bits per heavy atom. The molecule has 0 radical (unpaired) electrons. The van der Waals surface area contributed by atoms with Gasteiger partial charge in [-0.15, -0.1) is 0 Å². The molecule has 0 aliphatic carbocycles. The van der Waals surface area contributed by atoms with Gasteiger partial charge in [-0.05, 0) is 24.5 Å². The van der Waals surface area contributed by atoms with Gasteiger partial charge in [0.1, 0.15) is 12.2 Å². The number of aromatic nitrogens is 4. The van der Waals surface area contributed by atoms with Crippen molar-refractivity contribution in [3.8, 4) is 11.4 Å². The third-order valence-electron chi connectivity index (χ3n) is 4.77. The van der Waals surface area contributed by atoms with E-state index < -0.39 is 0 Å². The Bertz CT molecular complexity index is 924. The number of hydrogen-bond acceptors (Lipinski definition) is 5. The summed E-state index contributed by atoms with van der Waals surface area (Å²) in [5, 5.41) is 3.44. The molecule has 1 atom stereocenters. The van der Waals surface area contributed by atoms with E-state index in [-0.39, 0.29) is 11.5 Å². The van der Waals surface area contributed by atoms with E-state index in [1.54, 1.807) is 22.9 Å². The molecule has 0 saturated heterocycles. The molecule has 6 nitrogen and oxygen atoms in total. The number of rotatable bonds is 4. The molecule has 0 saturated carbocycles. The number of hydrogen-bond donors (Lipinski definition) is 1. The summed E-state index contributed by atoms with van der Waals surface area (Å²) in [4.78, 5) is 25.7. The van der Waals surface area contributed by atoms with E-state index in [1.807, 2.05) is 6.07 Å². The number of fused-ring (bicyclic) bond motifs is 1. The van der Waals surface area contributed by atoms with Crippen molar-refractivity contribution >= 4 is 0 Å². The summed E-state index contributed by atoms with van der Waals surface area (Å²) in [6, 6.07) is 13.8. The van der Waals surface area contributed by atoms with E-state index in [0.717, 1.165) is 31.8 Å². The largest absolute Gasteiger partial charge is 0.314 e. The highest BCUT2D eigenvalue weighted by molar-refractivity contribution is 5.52. The first-order valence-electron chi connectivity index (χ1n) is 8.94. The van der Waals surface area contributed by atoms with Crippen LogP contribution in [0.5, 0.6) is 0 Å². The number of benzene rings is 1. The zero-order valence-corrected chi connectivity index (χ0v) is 14.5. The smallest absolute Gasteiger partial charge is 0.254 e. The van der Waals surface area contributed by atoms with Gasteiger partial charge in [-0.3, -0.25) is 9.36 Å². The molecule has 1 unspecified atom stereocenters. The van der Waals surface area contributed by atoms with Crippen LogP contribution >= 0.6 is 0 Å². The van der Waals surface area contributed by atoms with Gasteiger partial charge >= 0.3 is 0 Å². The van der Waals surface area contributed by atoms with Crippen molar-refractivity contribution < 1.29 is 0 Å². The first-order chi connectivity index (χ1) is 12.8. The molecular formula is C20H21N5O. The molecule has 3 aromatic rings. The molecule has 1 aliphatic rings. The van der Waals surface area contributed by atoms with Gasteiger partial charge < -0.3 is 5.32 Å². The summed E-state index contributed by atoms with van der Waals surface area (Å²) >= 11 is 0. The Balaban J connectivity index is 1.68. The van der Waals surface area contributed by atoms with Crippen LogP contribution in [0.2, 0.25) is 0 Å². The lowest BCUT2D eigenvalue weighted by Gasteiger charge is -2.18. The quantitative estimate of drug-likeness (QED) is 0.782. The minimum Gasteiger partial charge on any atom is -0.314 e. The Hall–Kier alpha value is -2.86. The van der Waals surface area contributed by atoms with Crippen molar-refractivity contribution in [3.05, 3.63) is 76.7 Å². The second-order valence-corrected chi connectivity index (χ2v) is 6.51. The fraction of sp³-hybridized carbons (Fsp3) is 0.300. The maximum Gasteiger partial charge on any atom is 0.254 e. The molecule has 6 heteroatoms. The summed E-state index contributed by atoms with van der Waals surface area (Å²) in [6.07, 6.45) is 5.05. The number of nitrogens with zero attached hydrogens (tertiary/aromatic N) is 4. The summed E-state index contributed by atoms with van der Waals surface area (Å²) < 4.78 is 1.81. The molecule has 1 aromatic carbocycles. The van der Waals surface area contributed by atoms with Crippen LogP contribution < -0.4 is 10.9 Å². The van der Waals surface area contributed by atoms with Crippen LogP contribution in [0.25, 0.3) is 11.4 Å². The van der Waals surface area contributed by atoms with Crippen LogP contribution in [-0.4, -0.2) is 32.6 Å². The van der Waals surface area contributed by atoms with Gasteiger partial charge in [-0.1, -0.05) is 30.3 Å². The standard InChI is InChI=1S/C20H21N5O/c26-19-12-18(17-8-9-22-14-23-17)24-20-16(13-21-10-11-25(19)20)7-6-15-4-2-1-3-5-15/h1-5,8-9,12,14,16,21H,6-7,10-11,13H2. The van der Waals surface area contributed by atoms with Crippen molar-refractivity contribution in [1.29, 1.82) is 0 Å². The van der Waals surface area contributed by atoms with Gasteiger partial charge in [0.15, 0.2) is 0 Å². The highest BCUT2D eigenvalue weighted by Gasteiger charge is 2.22. The Labute approximate surface area is 152 Å². The van der Waals surface area contributed by atoms with Crippen LogP contribution in [0, 0.1) is 0 Å². The van der Waals surface area contributed by atoms with E-state index in [4.69, 9.17) is 4.98 Å². The summed E-state index contributed by atoms with van der Waals surface area (Å²) in [6.45, 7) is 2.25. The maximum absolute atomic E-state index is 12.7. The highest BCUT2D eigenvalue weighted by Crippen LogP contribution is 2.23. The lowest BCUT2D eigenvalue weighted by molar-refractivity contribution is 0.553. The molecule has 0 amide bonds. The van der Waals surface area contributed by atoms with Crippen molar-refractivity contribution in [2.45, 2.75) is 25.3 Å². The fourth-order valence-electron chi connectivity index (χ4n) is 3.41. The van der Waals surface area contributed by atoms with Crippen molar-refractivity contribution in [2.24, 2.45) is 0 Å². The average molecular weight is 347 g/mol. The molecule has 1 aliphatic heterocycles. The van der Waals surface area contributed by atoms with Gasteiger partial charge in [0.2, 0.25) is 0 Å². The van der Waals surface area contributed by atoms with Crippen molar-refractivity contribution in [1.82, 2.24) is 24.8 Å². The monoisotopic (exact) mass is 347 g/mol. The van der Waals surface area contributed by atoms with Crippen LogP contribution in [0.15, 0.2) is 59.8 Å². The SMILES string of the molecule is O=c1cc(-c2ccncn2)nc2n1CCNCC2CCc1ccccc1. The minimum absolute atomic E-state index is 0.0166. The minimum atomic E-state index is -0.0166. The molecule has 2 aromatic heterocycles. The molecule has 1 N–H and O–H groups in total. The number of aryl methyl sites for hydroxylation is 1. The normalized spacial score (nSPS) is 16.7. The first-order valence-corrected chi connectivity index (χ1v) is 8.94. The Kier molecular flexibility index (Phi) is 4.84. The first kappa shape index (κ1) is 16.6. The van der Waals surface area contributed by atoms with Gasteiger partial charge in [0, 0.05) is 37.8 Å². The molecular weight excluding hydrogens is 326 g/mol. The van der Waals surface area contributed by atoms with E-state index in [0.29, 0.717) is 17.9 Å². The molecule has 4 rings (SSSR count). The van der Waals surface area contributed by atoms with Crippen LogP contribution in [-0.2, 0) is 13.0 Å². The number of nitrogens with one attached hydrogen (secondary N) is 1. The summed E-state index contributed by atoms with van der Waals surface area (Å²) in [5.74, 6) is 1.04. The predicted octanol–water partition coefficient (Wildman–Crippen LogP) is 2.02. The third kappa shape index (κ3) is 3.55. The van der Waals surface area contributed by atoms with Crippen LogP contribution in [0.3, 0.4) is 0 Å². The Morgan fingerprint density at radius 1 is 1.15 bits per heavy atom. The molecule has 0 fully saturated rings. The van der Waals surface area contributed by atoms with Gasteiger partial charge in [-0.2, -0.15) is 0 Å². The predicted molar refractivity (Wildman–Crippen MR) is 99.9 cm³/mol. The van der Waals surface area contributed by atoms with E-state index in [9.17, 15) is 4.79 Å². The van der Waals surface area contributed by atoms with Crippen LogP contribution in [0.1, 0.15) is 23.7 Å². The second kappa shape index (κ2) is 7.58. The third-order valence-corrected chi connectivity index (χ3v) is 4.77. The molecule has 0 bridgehead atoms.